The van der Waals surface area contributed by atoms with E-state index in [0.29, 0.717) is 0 Å². The fourth-order valence-electron chi connectivity index (χ4n) is 2.75. The Morgan fingerprint density at radius 2 is 1.25 bits per heavy atom. The highest BCUT2D eigenvalue weighted by Gasteiger charge is 2.50. The van der Waals surface area contributed by atoms with Gasteiger partial charge in [0.05, 0.1) is 13.2 Å². The second-order valence-corrected chi connectivity index (χ2v) is 5.74. The first kappa shape index (κ1) is 19.9. The van der Waals surface area contributed by atoms with Crippen LogP contribution in [0.5, 0.6) is 0 Å². The van der Waals surface area contributed by atoms with Crippen molar-refractivity contribution in [2.45, 2.75) is 61.4 Å². The maximum atomic E-state index is 10.2. The molecular weight excluding hydrogens is 332 g/mol. The lowest BCUT2D eigenvalue weighted by Crippen LogP contribution is -2.64. The Morgan fingerprint density at radius 1 is 0.708 bits per heavy atom. The Hall–Kier alpha value is -0.440. The van der Waals surface area contributed by atoms with Gasteiger partial charge in [0.25, 0.3) is 0 Å². The summed E-state index contributed by atoms with van der Waals surface area (Å²) < 4.78 is 20.6. The van der Waals surface area contributed by atoms with Gasteiger partial charge in [0.15, 0.2) is 12.6 Å². The molecule has 11 heteroatoms. The first-order valence-corrected chi connectivity index (χ1v) is 7.46. The molecule has 0 aliphatic carbocycles. The molecule has 2 aliphatic heterocycles. The van der Waals surface area contributed by atoms with Gasteiger partial charge in [-0.1, -0.05) is 0 Å². The van der Waals surface area contributed by atoms with Crippen LogP contribution in [0.15, 0.2) is 0 Å². The molecule has 10 atom stereocenters. The molecule has 142 valence electrons. The van der Waals surface area contributed by atoms with Crippen molar-refractivity contribution in [3.8, 4) is 0 Å². The molecule has 0 spiro atoms. The van der Waals surface area contributed by atoms with Gasteiger partial charge in [-0.2, -0.15) is 0 Å². The van der Waals surface area contributed by atoms with Crippen LogP contribution in [-0.2, 0) is 18.9 Å². The topological polar surface area (TPSA) is 179 Å². The Labute approximate surface area is 137 Å². The van der Waals surface area contributed by atoms with Crippen LogP contribution in [-0.4, -0.2) is 117 Å². The van der Waals surface area contributed by atoms with Crippen molar-refractivity contribution in [3.63, 3.8) is 0 Å². The molecule has 2 rings (SSSR count). The maximum Gasteiger partial charge on any atom is 0.187 e. The quantitative estimate of drug-likeness (QED) is 0.251. The Balaban J connectivity index is 2.12. The van der Waals surface area contributed by atoms with Crippen LogP contribution in [0.25, 0.3) is 0 Å². The molecule has 0 bridgehead atoms. The minimum Gasteiger partial charge on any atom is -0.394 e. The normalized spacial score (nSPS) is 50.0. The van der Waals surface area contributed by atoms with Gasteiger partial charge >= 0.3 is 0 Å². The second kappa shape index (κ2) is 8.29. The van der Waals surface area contributed by atoms with E-state index in [4.69, 9.17) is 24.1 Å². The van der Waals surface area contributed by atoms with Crippen molar-refractivity contribution in [2.75, 3.05) is 20.3 Å². The minimum absolute atomic E-state index is 0.592. The van der Waals surface area contributed by atoms with E-state index < -0.39 is 74.6 Å². The molecule has 2 saturated heterocycles. The van der Waals surface area contributed by atoms with Gasteiger partial charge in [-0.3, -0.25) is 0 Å². The smallest absolute Gasteiger partial charge is 0.187 e. The maximum absolute atomic E-state index is 10.2. The Bertz CT molecular complexity index is 392. The van der Waals surface area contributed by atoms with Gasteiger partial charge in [0.1, 0.15) is 48.8 Å². The molecule has 2 fully saturated rings. The van der Waals surface area contributed by atoms with Gasteiger partial charge in [-0.25, -0.2) is 0 Å². The summed E-state index contributed by atoms with van der Waals surface area (Å²) in [7, 11) is 1.24. The predicted molar refractivity (Wildman–Crippen MR) is 73.4 cm³/mol. The minimum atomic E-state index is -1.69. The number of aliphatic hydroxyl groups excluding tert-OH is 7. The van der Waals surface area contributed by atoms with Gasteiger partial charge in [0.2, 0.25) is 0 Å². The number of aliphatic hydroxyl groups is 7. The van der Waals surface area contributed by atoms with Crippen LogP contribution >= 0.6 is 0 Å². The zero-order valence-corrected chi connectivity index (χ0v) is 13.0. The molecule has 0 aromatic carbocycles. The SMILES string of the molecule is CO[C@@H]1O[C@H](CO)[C@@H](O[C@@H]2O[C@H](CO)[C@H](O)[C@H](O)[C@H]2O)[C@@H](O)[C@H]1O. The Morgan fingerprint density at radius 3 is 1.79 bits per heavy atom. The van der Waals surface area contributed by atoms with Crippen LogP contribution < -0.4 is 0 Å². The van der Waals surface area contributed by atoms with Gasteiger partial charge < -0.3 is 54.7 Å². The number of ether oxygens (including phenoxy) is 4. The number of rotatable bonds is 5. The van der Waals surface area contributed by atoms with Crippen LogP contribution in [0.3, 0.4) is 0 Å². The zero-order valence-electron chi connectivity index (χ0n) is 13.0. The van der Waals surface area contributed by atoms with E-state index in [1.807, 2.05) is 0 Å². The molecule has 0 aromatic heterocycles. The molecular formula is C13H24O11. The van der Waals surface area contributed by atoms with E-state index in [1.54, 1.807) is 0 Å². The molecule has 11 nitrogen and oxygen atoms in total. The summed E-state index contributed by atoms with van der Waals surface area (Å²) in [5.74, 6) is 0. The lowest BCUT2D eigenvalue weighted by atomic mass is 9.97. The third-order valence-corrected chi connectivity index (χ3v) is 4.19. The first-order valence-electron chi connectivity index (χ1n) is 7.46. The van der Waals surface area contributed by atoms with E-state index in [9.17, 15) is 30.6 Å². The van der Waals surface area contributed by atoms with Gasteiger partial charge in [0, 0.05) is 7.11 Å². The van der Waals surface area contributed by atoms with Crippen molar-refractivity contribution in [1.29, 1.82) is 0 Å². The largest absolute Gasteiger partial charge is 0.394 e. The van der Waals surface area contributed by atoms with Crippen molar-refractivity contribution in [3.05, 3.63) is 0 Å². The summed E-state index contributed by atoms with van der Waals surface area (Å²) in [5.41, 5.74) is 0. The van der Waals surface area contributed by atoms with Crippen molar-refractivity contribution < 1.29 is 54.7 Å². The van der Waals surface area contributed by atoms with Crippen LogP contribution in [0.2, 0.25) is 0 Å². The average Bonchev–Trinajstić information content (AvgIpc) is 2.59. The van der Waals surface area contributed by atoms with E-state index >= 15 is 0 Å². The molecule has 0 aromatic rings. The summed E-state index contributed by atoms with van der Waals surface area (Å²) >= 11 is 0. The third-order valence-electron chi connectivity index (χ3n) is 4.19. The third kappa shape index (κ3) is 3.71. The lowest BCUT2D eigenvalue weighted by Gasteiger charge is -2.45. The number of hydrogen-bond acceptors (Lipinski definition) is 11. The number of hydrogen-bond donors (Lipinski definition) is 7. The van der Waals surface area contributed by atoms with E-state index in [0.717, 1.165) is 0 Å². The average molecular weight is 356 g/mol. The summed E-state index contributed by atoms with van der Waals surface area (Å²) in [6, 6.07) is 0. The fourth-order valence-corrected chi connectivity index (χ4v) is 2.75. The molecule has 0 unspecified atom stereocenters. The standard InChI is InChI=1S/C13H24O11/c1-21-12-10(20)8(18)11(5(3-15)23-12)24-13-9(19)7(17)6(16)4(2-14)22-13/h4-20H,2-3H2,1H3/t4-,5-,6+,7+,8+,9-,10-,11-,12-,13+/m1/s1. The van der Waals surface area contributed by atoms with Gasteiger partial charge in [-0.05, 0) is 0 Å². The summed E-state index contributed by atoms with van der Waals surface area (Å²) in [5, 5.41) is 68.0. The summed E-state index contributed by atoms with van der Waals surface area (Å²) in [6.07, 6.45) is -14.3. The monoisotopic (exact) mass is 356 g/mol. The lowest BCUT2D eigenvalue weighted by molar-refractivity contribution is -0.357. The van der Waals surface area contributed by atoms with Crippen molar-refractivity contribution >= 4 is 0 Å². The molecule has 7 N–H and O–H groups in total. The zero-order chi connectivity index (χ0) is 18.0. The van der Waals surface area contributed by atoms with Crippen molar-refractivity contribution in [1.82, 2.24) is 0 Å². The summed E-state index contributed by atoms with van der Waals surface area (Å²) in [6.45, 7) is -1.24. The molecule has 0 radical (unpaired) electrons. The number of methoxy groups -OCH3 is 1. The highest BCUT2D eigenvalue weighted by molar-refractivity contribution is 4.93. The van der Waals surface area contributed by atoms with Crippen LogP contribution in [0.1, 0.15) is 0 Å². The van der Waals surface area contributed by atoms with E-state index in [-0.39, 0.29) is 0 Å². The molecule has 0 saturated carbocycles. The fraction of sp³-hybridized carbons (Fsp3) is 1.00. The molecule has 2 heterocycles. The molecule has 2 aliphatic rings. The molecule has 24 heavy (non-hydrogen) atoms. The second-order valence-electron chi connectivity index (χ2n) is 5.74. The molecule has 0 amide bonds. The van der Waals surface area contributed by atoms with E-state index in [2.05, 4.69) is 0 Å². The summed E-state index contributed by atoms with van der Waals surface area (Å²) in [4.78, 5) is 0. The Kier molecular flexibility index (Phi) is 6.87. The van der Waals surface area contributed by atoms with Crippen molar-refractivity contribution in [2.24, 2.45) is 0 Å². The van der Waals surface area contributed by atoms with Gasteiger partial charge in [-0.15, -0.1) is 0 Å². The van der Waals surface area contributed by atoms with E-state index in [1.165, 1.54) is 7.11 Å². The highest BCUT2D eigenvalue weighted by Crippen LogP contribution is 2.29. The first-order chi connectivity index (χ1) is 11.3. The van der Waals surface area contributed by atoms with Crippen LogP contribution in [0.4, 0.5) is 0 Å². The predicted octanol–water partition coefficient (Wildman–Crippen LogP) is -4.74. The van der Waals surface area contributed by atoms with Crippen LogP contribution in [0, 0.1) is 0 Å². The highest BCUT2D eigenvalue weighted by atomic mass is 16.7.